The van der Waals surface area contributed by atoms with Crippen LogP contribution >= 0.6 is 0 Å². The third kappa shape index (κ3) is 4.60. The first-order chi connectivity index (χ1) is 14.6. The first kappa shape index (κ1) is 22.9. The van der Waals surface area contributed by atoms with Gasteiger partial charge < -0.3 is 14.7 Å². The van der Waals surface area contributed by atoms with Gasteiger partial charge in [-0.1, -0.05) is 45.0 Å². The van der Waals surface area contributed by atoms with Crippen molar-refractivity contribution in [2.75, 3.05) is 13.2 Å². The molecule has 3 rings (SSSR count). The second-order valence-corrected chi connectivity index (χ2v) is 9.33. The van der Waals surface area contributed by atoms with E-state index >= 15 is 0 Å². The molecule has 5 heteroatoms. The topological polar surface area (TPSA) is 68.1 Å². The Hall–Kier alpha value is -2.82. The lowest BCUT2D eigenvalue weighted by Gasteiger charge is -2.42. The fourth-order valence-corrected chi connectivity index (χ4v) is 4.21. The number of benzene rings is 2. The second kappa shape index (κ2) is 8.74. The summed E-state index contributed by atoms with van der Waals surface area (Å²) in [4.78, 5) is 16.7. The van der Waals surface area contributed by atoms with E-state index in [9.17, 15) is 9.90 Å². The number of hydrogen-bond donors (Lipinski definition) is 1. The lowest BCUT2D eigenvalue weighted by molar-refractivity contribution is 0.0697. The molecule has 166 valence electrons. The van der Waals surface area contributed by atoms with E-state index in [2.05, 4.69) is 45.0 Å². The minimum atomic E-state index is -0.956. The van der Waals surface area contributed by atoms with Crippen molar-refractivity contribution in [1.29, 1.82) is 0 Å². The smallest absolute Gasteiger partial charge is 0.335 e. The van der Waals surface area contributed by atoms with Crippen molar-refractivity contribution in [3.63, 3.8) is 0 Å². The summed E-state index contributed by atoms with van der Waals surface area (Å²) < 4.78 is 6.08. The number of oxime groups is 1. The van der Waals surface area contributed by atoms with Crippen LogP contribution in [0, 0.1) is 0 Å². The monoisotopic (exact) mass is 423 g/mol. The number of hydrogen-bond acceptors (Lipinski definition) is 4. The minimum absolute atomic E-state index is 0.0359. The molecule has 31 heavy (non-hydrogen) atoms. The number of ether oxygens (including phenoxy) is 1. The van der Waals surface area contributed by atoms with Gasteiger partial charge in [-0.25, -0.2) is 4.79 Å². The molecule has 0 atom stereocenters. The highest BCUT2D eigenvalue weighted by Gasteiger charge is 2.38. The van der Waals surface area contributed by atoms with Gasteiger partial charge >= 0.3 is 5.97 Å². The molecule has 2 aromatic carbocycles. The Morgan fingerprint density at radius 1 is 0.935 bits per heavy atom. The number of rotatable bonds is 7. The van der Waals surface area contributed by atoms with Crippen molar-refractivity contribution < 1.29 is 19.5 Å². The van der Waals surface area contributed by atoms with Gasteiger partial charge in [-0.15, -0.1) is 0 Å². The van der Waals surface area contributed by atoms with Crippen LogP contribution in [0.3, 0.4) is 0 Å². The highest BCUT2D eigenvalue weighted by molar-refractivity contribution is 6.14. The zero-order valence-electron chi connectivity index (χ0n) is 19.4. The number of carboxylic acid groups (broad SMARTS) is 1. The van der Waals surface area contributed by atoms with Gasteiger partial charge in [0.1, 0.15) is 18.1 Å². The summed E-state index contributed by atoms with van der Waals surface area (Å²) >= 11 is 0. The van der Waals surface area contributed by atoms with Crippen LogP contribution in [0.5, 0.6) is 5.75 Å². The molecule has 1 aliphatic rings. The fourth-order valence-electron chi connectivity index (χ4n) is 4.21. The Kier molecular flexibility index (Phi) is 6.44. The number of carbonyl (C=O) groups is 1. The van der Waals surface area contributed by atoms with Gasteiger partial charge in [-0.05, 0) is 72.9 Å². The van der Waals surface area contributed by atoms with E-state index in [4.69, 9.17) is 9.57 Å². The largest absolute Gasteiger partial charge is 0.493 e. The lowest BCUT2D eigenvalue weighted by atomic mass is 9.62. The van der Waals surface area contributed by atoms with Crippen LogP contribution in [-0.4, -0.2) is 30.0 Å². The first-order valence-electron chi connectivity index (χ1n) is 11.0. The molecule has 0 heterocycles. The van der Waals surface area contributed by atoms with Crippen molar-refractivity contribution in [3.05, 3.63) is 64.2 Å². The van der Waals surface area contributed by atoms with E-state index in [-0.39, 0.29) is 16.4 Å². The average molecular weight is 424 g/mol. The molecule has 0 amide bonds. The van der Waals surface area contributed by atoms with Crippen LogP contribution in [0.15, 0.2) is 41.6 Å². The van der Waals surface area contributed by atoms with Crippen LogP contribution in [0.25, 0.3) is 0 Å². The van der Waals surface area contributed by atoms with Crippen molar-refractivity contribution >= 4 is 11.7 Å². The van der Waals surface area contributed by atoms with Gasteiger partial charge in [0.05, 0.1) is 12.2 Å². The van der Waals surface area contributed by atoms with E-state index in [1.807, 2.05) is 13.8 Å². The third-order valence-corrected chi connectivity index (χ3v) is 6.20. The molecular formula is C26H33NO4. The molecule has 1 aliphatic carbocycles. The number of aromatic carboxylic acids is 1. The Morgan fingerprint density at radius 2 is 1.48 bits per heavy atom. The Labute approximate surface area is 185 Å². The molecule has 0 bridgehead atoms. The molecule has 0 saturated heterocycles. The third-order valence-electron chi connectivity index (χ3n) is 6.20. The van der Waals surface area contributed by atoms with Gasteiger partial charge in [-0.3, -0.25) is 0 Å². The molecular weight excluding hydrogens is 390 g/mol. The first-order valence-corrected chi connectivity index (χ1v) is 11.0. The summed E-state index contributed by atoms with van der Waals surface area (Å²) in [5.74, 6) is -0.185. The van der Waals surface area contributed by atoms with E-state index in [1.165, 1.54) is 11.1 Å². The van der Waals surface area contributed by atoms with Gasteiger partial charge in [0.25, 0.3) is 0 Å². The van der Waals surface area contributed by atoms with Gasteiger partial charge in [0, 0.05) is 11.1 Å². The average Bonchev–Trinajstić information content (AvgIpc) is 2.73. The summed E-state index contributed by atoms with van der Waals surface area (Å²) in [6.45, 7) is 14.0. The van der Waals surface area contributed by atoms with E-state index in [0.717, 1.165) is 29.7 Å². The zero-order valence-corrected chi connectivity index (χ0v) is 19.4. The van der Waals surface area contributed by atoms with Crippen LogP contribution in [0.1, 0.15) is 87.0 Å². The molecule has 2 aromatic rings. The van der Waals surface area contributed by atoms with Crippen LogP contribution in [0.4, 0.5) is 0 Å². The molecule has 0 aromatic heterocycles. The van der Waals surface area contributed by atoms with Crippen molar-refractivity contribution in [2.24, 2.45) is 5.16 Å². The van der Waals surface area contributed by atoms with E-state index in [1.54, 1.807) is 24.3 Å². The Balaban J connectivity index is 2.24. The van der Waals surface area contributed by atoms with Gasteiger partial charge in [-0.2, -0.15) is 0 Å². The normalized spacial score (nSPS) is 17.0. The minimum Gasteiger partial charge on any atom is -0.493 e. The molecule has 0 fully saturated rings. The fraction of sp³-hybridized carbons (Fsp3) is 0.462. The second-order valence-electron chi connectivity index (χ2n) is 9.33. The number of carboxylic acids is 1. The summed E-state index contributed by atoms with van der Waals surface area (Å²) in [5.41, 5.74) is 5.24. The highest BCUT2D eigenvalue weighted by atomic mass is 16.6. The van der Waals surface area contributed by atoms with E-state index < -0.39 is 5.97 Å². The molecule has 0 saturated carbocycles. The van der Waals surface area contributed by atoms with Crippen LogP contribution in [-0.2, 0) is 15.7 Å². The number of fused-ring (bicyclic) bond motifs is 1. The number of nitrogens with zero attached hydrogens (tertiary/aromatic N) is 1. The molecule has 0 aliphatic heterocycles. The SMILES string of the molecule is CCO/N=C(\c1ccc(C(=O)O)cc1)c1cc2c(cc1OCC)C(C)(C)CCC2(C)C. The summed E-state index contributed by atoms with van der Waals surface area (Å²) in [5, 5.41) is 13.7. The zero-order chi connectivity index (χ0) is 22.8. The predicted octanol–water partition coefficient (Wildman–Crippen LogP) is 5.92. The van der Waals surface area contributed by atoms with Crippen molar-refractivity contribution in [2.45, 2.75) is 65.2 Å². The maximum absolute atomic E-state index is 11.3. The summed E-state index contributed by atoms with van der Waals surface area (Å²) in [6, 6.07) is 11.1. The molecule has 5 nitrogen and oxygen atoms in total. The Bertz CT molecular complexity index is 987. The van der Waals surface area contributed by atoms with Crippen LogP contribution < -0.4 is 4.74 Å². The molecule has 1 N–H and O–H groups in total. The maximum atomic E-state index is 11.3. The molecule has 0 unspecified atom stereocenters. The quantitative estimate of drug-likeness (QED) is 0.443. The standard InChI is InChI=1S/C26H33NO4/c1-7-30-22-16-21-20(25(3,4)13-14-26(21,5)6)15-19(22)23(27-31-8-2)17-9-11-18(12-10-17)24(28)29/h9-12,15-16H,7-8,13-14H2,1-6H3,(H,28,29)/b27-23+. The summed E-state index contributed by atoms with van der Waals surface area (Å²) in [6.07, 6.45) is 2.22. The predicted molar refractivity (Wildman–Crippen MR) is 124 cm³/mol. The molecule has 0 spiro atoms. The lowest BCUT2D eigenvalue weighted by Crippen LogP contribution is -2.34. The van der Waals surface area contributed by atoms with Crippen molar-refractivity contribution in [3.8, 4) is 5.75 Å². The van der Waals surface area contributed by atoms with Crippen LogP contribution in [0.2, 0.25) is 0 Å². The summed E-state index contributed by atoms with van der Waals surface area (Å²) in [7, 11) is 0. The maximum Gasteiger partial charge on any atom is 0.335 e. The molecule has 0 radical (unpaired) electrons. The Morgan fingerprint density at radius 3 is 2.00 bits per heavy atom. The van der Waals surface area contributed by atoms with E-state index in [0.29, 0.717) is 18.9 Å². The van der Waals surface area contributed by atoms with Crippen molar-refractivity contribution in [1.82, 2.24) is 0 Å². The highest BCUT2D eigenvalue weighted by Crippen LogP contribution is 2.48. The van der Waals surface area contributed by atoms with Gasteiger partial charge in [0.2, 0.25) is 0 Å². The van der Waals surface area contributed by atoms with Gasteiger partial charge in [0.15, 0.2) is 0 Å².